The van der Waals surface area contributed by atoms with Crippen LogP contribution < -0.4 is 0 Å². The van der Waals surface area contributed by atoms with E-state index in [1.54, 1.807) is 12.5 Å². The molecular formula is C18H15ClO2. The molecule has 106 valence electrons. The zero-order valence-corrected chi connectivity index (χ0v) is 12.2. The molecule has 2 aromatic rings. The fourth-order valence-corrected chi connectivity index (χ4v) is 3.59. The first kappa shape index (κ1) is 12.8. The summed E-state index contributed by atoms with van der Waals surface area (Å²) in [6.07, 6.45) is 3.77. The van der Waals surface area contributed by atoms with Gasteiger partial charge >= 0.3 is 0 Å². The molecule has 0 N–H and O–H groups in total. The number of rotatable bonds is 2. The molecule has 0 saturated carbocycles. The van der Waals surface area contributed by atoms with Gasteiger partial charge in [-0.2, -0.15) is 0 Å². The quantitative estimate of drug-likeness (QED) is 0.725. The van der Waals surface area contributed by atoms with Gasteiger partial charge in [0.25, 0.3) is 6.29 Å². The molecule has 3 heteroatoms. The Morgan fingerprint density at radius 3 is 2.38 bits per heavy atom. The lowest BCUT2D eigenvalue weighted by atomic mass is 9.92. The highest BCUT2D eigenvalue weighted by Crippen LogP contribution is 2.47. The Hall–Kier alpha value is -1.93. The van der Waals surface area contributed by atoms with Gasteiger partial charge < -0.3 is 9.47 Å². The van der Waals surface area contributed by atoms with Gasteiger partial charge in [0.2, 0.25) is 0 Å². The van der Waals surface area contributed by atoms with Crippen LogP contribution in [0.15, 0.2) is 61.1 Å². The van der Waals surface area contributed by atoms with Crippen LogP contribution >= 0.6 is 11.6 Å². The lowest BCUT2D eigenvalue weighted by Crippen LogP contribution is -2.01. The summed E-state index contributed by atoms with van der Waals surface area (Å²) in [5.74, 6) is 0.345. The molecule has 2 aliphatic rings. The maximum atomic E-state index is 6.49. The van der Waals surface area contributed by atoms with E-state index in [1.165, 1.54) is 16.7 Å². The average Bonchev–Trinajstić information content (AvgIpc) is 3.17. The normalized spacial score (nSPS) is 23.7. The van der Waals surface area contributed by atoms with Crippen molar-refractivity contribution in [3.05, 3.63) is 83.3 Å². The van der Waals surface area contributed by atoms with E-state index < -0.39 is 0 Å². The summed E-state index contributed by atoms with van der Waals surface area (Å²) in [7, 11) is 0. The smallest absolute Gasteiger partial charge is 0.266 e. The molecule has 21 heavy (non-hydrogen) atoms. The zero-order valence-electron chi connectivity index (χ0n) is 11.4. The SMILES string of the molecule is ClC1CC(c2cccc(C3OC=CO3)c2)c2ccccc21. The molecule has 0 saturated heterocycles. The molecule has 4 rings (SSSR count). The van der Waals surface area contributed by atoms with Gasteiger partial charge in [-0.3, -0.25) is 0 Å². The third-order valence-corrected chi connectivity index (χ3v) is 4.61. The molecule has 0 fully saturated rings. The third kappa shape index (κ3) is 2.20. The second-order valence-corrected chi connectivity index (χ2v) is 5.96. The zero-order chi connectivity index (χ0) is 14.2. The maximum Gasteiger partial charge on any atom is 0.266 e. The van der Waals surface area contributed by atoms with Crippen molar-refractivity contribution in [2.75, 3.05) is 0 Å². The maximum absolute atomic E-state index is 6.49. The second-order valence-electron chi connectivity index (χ2n) is 5.43. The molecule has 0 spiro atoms. The van der Waals surface area contributed by atoms with Crippen LogP contribution in [-0.2, 0) is 9.47 Å². The van der Waals surface area contributed by atoms with Gasteiger partial charge in [0, 0.05) is 11.5 Å². The minimum Gasteiger partial charge on any atom is -0.455 e. The number of alkyl halides is 1. The number of benzene rings is 2. The van der Waals surface area contributed by atoms with E-state index in [1.807, 2.05) is 6.07 Å². The van der Waals surface area contributed by atoms with Crippen LogP contribution in [0.3, 0.4) is 0 Å². The standard InChI is InChI=1S/C18H15ClO2/c19-17-11-16(14-6-1-2-7-15(14)17)12-4-3-5-13(10-12)18-20-8-9-21-18/h1-10,16-18H,11H2. The summed E-state index contributed by atoms with van der Waals surface area (Å²) in [5.41, 5.74) is 4.89. The molecule has 2 unspecified atom stereocenters. The first-order chi connectivity index (χ1) is 10.3. The number of hydrogen-bond acceptors (Lipinski definition) is 2. The van der Waals surface area contributed by atoms with Gasteiger partial charge in [-0.1, -0.05) is 42.5 Å². The van der Waals surface area contributed by atoms with Crippen molar-refractivity contribution in [1.29, 1.82) is 0 Å². The van der Waals surface area contributed by atoms with E-state index in [0.29, 0.717) is 5.92 Å². The highest BCUT2D eigenvalue weighted by molar-refractivity contribution is 6.21. The molecule has 2 nitrogen and oxygen atoms in total. The summed E-state index contributed by atoms with van der Waals surface area (Å²) in [6.45, 7) is 0. The van der Waals surface area contributed by atoms with E-state index in [2.05, 4.69) is 42.5 Å². The minimum atomic E-state index is -0.326. The number of ether oxygens (including phenoxy) is 2. The summed E-state index contributed by atoms with van der Waals surface area (Å²) in [5, 5.41) is 0.0931. The highest BCUT2D eigenvalue weighted by Gasteiger charge is 2.30. The summed E-state index contributed by atoms with van der Waals surface area (Å²) >= 11 is 6.49. The first-order valence-corrected chi connectivity index (χ1v) is 7.55. The van der Waals surface area contributed by atoms with Crippen LogP contribution in [0.5, 0.6) is 0 Å². The van der Waals surface area contributed by atoms with Gasteiger partial charge in [-0.25, -0.2) is 0 Å². The monoisotopic (exact) mass is 298 g/mol. The van der Waals surface area contributed by atoms with E-state index >= 15 is 0 Å². The van der Waals surface area contributed by atoms with Crippen molar-refractivity contribution in [3.8, 4) is 0 Å². The average molecular weight is 299 g/mol. The van der Waals surface area contributed by atoms with Crippen molar-refractivity contribution < 1.29 is 9.47 Å². The first-order valence-electron chi connectivity index (χ1n) is 7.11. The molecule has 0 radical (unpaired) electrons. The summed E-state index contributed by atoms with van der Waals surface area (Å²) in [6, 6.07) is 16.8. The molecular weight excluding hydrogens is 284 g/mol. The predicted octanol–water partition coefficient (Wildman–Crippen LogP) is 5.02. The van der Waals surface area contributed by atoms with E-state index in [-0.39, 0.29) is 11.7 Å². The van der Waals surface area contributed by atoms with Crippen LogP contribution in [0.25, 0.3) is 0 Å². The van der Waals surface area contributed by atoms with Gasteiger partial charge in [-0.15, -0.1) is 11.6 Å². The van der Waals surface area contributed by atoms with Crippen LogP contribution in [0, 0.1) is 0 Å². The number of halogens is 1. The van der Waals surface area contributed by atoms with Gasteiger partial charge in [0.1, 0.15) is 12.5 Å². The molecule has 1 aliphatic carbocycles. The summed E-state index contributed by atoms with van der Waals surface area (Å²) in [4.78, 5) is 0. The Bertz CT molecular complexity index is 687. The second kappa shape index (κ2) is 5.12. The van der Waals surface area contributed by atoms with Crippen LogP contribution in [-0.4, -0.2) is 0 Å². The van der Waals surface area contributed by atoms with Gasteiger partial charge in [0.15, 0.2) is 0 Å². The van der Waals surface area contributed by atoms with E-state index in [0.717, 1.165) is 12.0 Å². The fraction of sp³-hybridized carbons (Fsp3) is 0.222. The minimum absolute atomic E-state index is 0.0931. The van der Waals surface area contributed by atoms with Crippen molar-refractivity contribution in [2.24, 2.45) is 0 Å². The van der Waals surface area contributed by atoms with E-state index in [4.69, 9.17) is 21.1 Å². The highest BCUT2D eigenvalue weighted by atomic mass is 35.5. The van der Waals surface area contributed by atoms with Crippen molar-refractivity contribution in [2.45, 2.75) is 24.0 Å². The number of hydrogen-bond donors (Lipinski definition) is 0. The molecule has 1 aliphatic heterocycles. The fourth-order valence-electron chi connectivity index (χ4n) is 3.21. The van der Waals surface area contributed by atoms with Crippen LogP contribution in [0.1, 0.15) is 46.3 Å². The van der Waals surface area contributed by atoms with Crippen molar-refractivity contribution in [1.82, 2.24) is 0 Å². The van der Waals surface area contributed by atoms with Gasteiger partial charge in [0.05, 0.1) is 5.38 Å². The molecule has 1 heterocycles. The summed E-state index contributed by atoms with van der Waals surface area (Å²) < 4.78 is 10.8. The molecule has 0 bridgehead atoms. The predicted molar refractivity (Wildman–Crippen MR) is 82.0 cm³/mol. The number of fused-ring (bicyclic) bond motifs is 1. The molecule has 2 atom stereocenters. The van der Waals surface area contributed by atoms with E-state index in [9.17, 15) is 0 Å². The largest absolute Gasteiger partial charge is 0.455 e. The Balaban J connectivity index is 1.70. The van der Waals surface area contributed by atoms with Crippen molar-refractivity contribution in [3.63, 3.8) is 0 Å². The van der Waals surface area contributed by atoms with Crippen LogP contribution in [0.2, 0.25) is 0 Å². The lowest BCUT2D eigenvalue weighted by Gasteiger charge is -2.16. The molecule has 0 aromatic heterocycles. The molecule has 2 aromatic carbocycles. The Morgan fingerprint density at radius 1 is 0.857 bits per heavy atom. The topological polar surface area (TPSA) is 18.5 Å². The third-order valence-electron chi connectivity index (χ3n) is 4.20. The Labute approximate surface area is 129 Å². The Morgan fingerprint density at radius 2 is 1.57 bits per heavy atom. The van der Waals surface area contributed by atoms with Crippen LogP contribution in [0.4, 0.5) is 0 Å². The van der Waals surface area contributed by atoms with Crippen molar-refractivity contribution >= 4 is 11.6 Å². The molecule has 0 amide bonds. The van der Waals surface area contributed by atoms with Gasteiger partial charge in [-0.05, 0) is 29.2 Å². The lowest BCUT2D eigenvalue weighted by molar-refractivity contribution is -0.0246. The Kier molecular flexibility index (Phi) is 3.12.